The SMILES string of the molecule is C[C@@H]1[C@@H](C)C/C=C/[C@@](O)(CC#N)[C@@H]2CC[C@H]2CN2CCCCc3cc(Cl)ccc3COc3ccc(cc32)C(=O)NS1(=O)=O. The van der Waals surface area contributed by atoms with Gasteiger partial charge in [0, 0.05) is 23.7 Å². The molecule has 1 amide bonds. The second-order valence-electron chi connectivity index (χ2n) is 12.4. The summed E-state index contributed by atoms with van der Waals surface area (Å²) in [5, 5.41) is 21.2. The van der Waals surface area contributed by atoms with Crippen LogP contribution in [0.4, 0.5) is 5.69 Å². The van der Waals surface area contributed by atoms with Crippen LogP contribution in [-0.4, -0.2) is 43.4 Å². The van der Waals surface area contributed by atoms with E-state index < -0.39 is 26.8 Å². The number of hydrogen-bond acceptors (Lipinski definition) is 7. The second kappa shape index (κ2) is 12.9. The Hall–Kier alpha value is -3.06. The highest BCUT2D eigenvalue weighted by molar-refractivity contribution is 7.90. The van der Waals surface area contributed by atoms with Gasteiger partial charge in [-0.1, -0.05) is 36.7 Å². The number of nitriles is 1. The van der Waals surface area contributed by atoms with Crippen LogP contribution in [0.5, 0.6) is 5.75 Å². The molecule has 5 rings (SSSR count). The minimum atomic E-state index is -3.99. The van der Waals surface area contributed by atoms with Gasteiger partial charge in [0.15, 0.2) is 0 Å². The van der Waals surface area contributed by atoms with E-state index >= 15 is 0 Å². The number of allylic oxidation sites excluding steroid dienone is 1. The van der Waals surface area contributed by atoms with Gasteiger partial charge in [0.2, 0.25) is 10.0 Å². The van der Waals surface area contributed by atoms with Crippen molar-refractivity contribution in [3.05, 3.63) is 70.3 Å². The number of hydrogen-bond donors (Lipinski definition) is 2. The summed E-state index contributed by atoms with van der Waals surface area (Å²) in [6, 6.07) is 13.0. The van der Waals surface area contributed by atoms with E-state index in [0.29, 0.717) is 42.6 Å². The van der Waals surface area contributed by atoms with Gasteiger partial charge < -0.3 is 14.7 Å². The highest BCUT2D eigenvalue weighted by Crippen LogP contribution is 2.46. The molecule has 0 saturated heterocycles. The number of benzene rings is 2. The Kier molecular flexibility index (Phi) is 9.40. The third-order valence-electron chi connectivity index (χ3n) is 9.55. The number of aliphatic hydroxyl groups is 1. The topological polar surface area (TPSA) is 120 Å². The zero-order chi connectivity index (χ0) is 30.8. The minimum absolute atomic E-state index is 0.0341. The molecule has 2 N–H and O–H groups in total. The van der Waals surface area contributed by atoms with Crippen molar-refractivity contribution < 1.29 is 23.1 Å². The van der Waals surface area contributed by atoms with Crippen LogP contribution in [0.15, 0.2) is 48.6 Å². The number of rotatable bonds is 1. The van der Waals surface area contributed by atoms with Crippen LogP contribution in [0.3, 0.4) is 0 Å². The van der Waals surface area contributed by atoms with Crippen molar-refractivity contribution in [2.75, 3.05) is 18.0 Å². The van der Waals surface area contributed by atoms with Gasteiger partial charge in [-0.2, -0.15) is 5.26 Å². The lowest BCUT2D eigenvalue weighted by Crippen LogP contribution is -2.50. The summed E-state index contributed by atoms with van der Waals surface area (Å²) in [5.41, 5.74) is 1.82. The summed E-state index contributed by atoms with van der Waals surface area (Å²) in [6.07, 6.45) is 8.20. The van der Waals surface area contributed by atoms with E-state index in [-0.39, 0.29) is 29.7 Å². The minimum Gasteiger partial charge on any atom is -0.487 e. The maximum Gasteiger partial charge on any atom is 0.264 e. The van der Waals surface area contributed by atoms with E-state index in [0.717, 1.165) is 43.2 Å². The lowest BCUT2D eigenvalue weighted by Gasteiger charge is -2.47. The molecule has 2 aromatic rings. The molecular weight excluding hydrogens is 586 g/mol. The van der Waals surface area contributed by atoms with Crippen molar-refractivity contribution in [2.45, 2.75) is 76.3 Å². The zero-order valence-electron chi connectivity index (χ0n) is 24.8. The molecule has 230 valence electrons. The number of aryl methyl sites for hydroxylation is 1. The first-order valence-electron chi connectivity index (χ1n) is 15.1. The number of sulfonamides is 1. The highest BCUT2D eigenvalue weighted by atomic mass is 35.5. The van der Waals surface area contributed by atoms with Crippen LogP contribution in [0.25, 0.3) is 0 Å². The average molecular weight is 626 g/mol. The maximum atomic E-state index is 13.3. The summed E-state index contributed by atoms with van der Waals surface area (Å²) >= 11 is 6.30. The van der Waals surface area contributed by atoms with Crippen molar-refractivity contribution >= 4 is 33.2 Å². The van der Waals surface area contributed by atoms with Gasteiger partial charge >= 0.3 is 0 Å². The summed E-state index contributed by atoms with van der Waals surface area (Å²) in [4.78, 5) is 15.5. The number of fused-ring (bicyclic) bond motifs is 3. The number of amides is 1. The van der Waals surface area contributed by atoms with Crippen molar-refractivity contribution in [1.82, 2.24) is 4.72 Å². The fraction of sp³-hybridized carbons (Fsp3) is 0.515. The van der Waals surface area contributed by atoms with Gasteiger partial charge in [-0.25, -0.2) is 13.1 Å². The number of nitrogens with one attached hydrogen (secondary N) is 1. The molecule has 2 bridgehead atoms. The molecule has 0 unspecified atom stereocenters. The van der Waals surface area contributed by atoms with Gasteiger partial charge in [-0.15, -0.1) is 0 Å². The summed E-state index contributed by atoms with van der Waals surface area (Å²) in [5.74, 6) is -0.406. The molecule has 2 aromatic carbocycles. The van der Waals surface area contributed by atoms with E-state index in [1.54, 1.807) is 44.2 Å². The second-order valence-corrected chi connectivity index (χ2v) is 14.8. The third-order valence-corrected chi connectivity index (χ3v) is 11.7. The molecule has 2 heterocycles. The van der Waals surface area contributed by atoms with Crippen molar-refractivity contribution in [2.24, 2.45) is 17.8 Å². The van der Waals surface area contributed by atoms with E-state index in [1.165, 1.54) is 0 Å². The molecule has 0 radical (unpaired) electrons. The Morgan fingerprint density at radius 2 is 1.98 bits per heavy atom. The average Bonchev–Trinajstić information content (AvgIpc) is 2.97. The molecule has 10 heteroatoms. The molecule has 0 spiro atoms. The van der Waals surface area contributed by atoms with Gasteiger partial charge in [-0.05, 0) is 105 Å². The standard InChI is InChI=1S/C33H40ClN3O5S/c1-22-6-5-14-33(39,15-16-35)29-12-9-26(29)20-37-17-4-3-7-24-18-28(34)11-8-27(24)21-42-31-13-10-25(19-30(31)37)32(38)36-43(40,41)23(22)2/h5,8,10-11,13-14,18-19,22-23,26,29,39H,3-4,6-7,9,12,15,17,20-21H2,1-2H3,(H,36,38)/b14-5+/t22-,23+,26-,29+,33+/m0/s1. The van der Waals surface area contributed by atoms with Crippen molar-refractivity contribution in [3.63, 3.8) is 0 Å². The van der Waals surface area contributed by atoms with Crippen LogP contribution < -0.4 is 14.4 Å². The molecule has 1 saturated carbocycles. The molecule has 1 aliphatic carbocycles. The number of ether oxygens (including phenoxy) is 1. The Morgan fingerprint density at radius 1 is 1.16 bits per heavy atom. The van der Waals surface area contributed by atoms with Crippen LogP contribution >= 0.6 is 11.6 Å². The molecule has 43 heavy (non-hydrogen) atoms. The van der Waals surface area contributed by atoms with Gasteiger partial charge in [0.25, 0.3) is 5.91 Å². The Morgan fingerprint density at radius 3 is 2.72 bits per heavy atom. The molecule has 3 aliphatic rings. The largest absolute Gasteiger partial charge is 0.487 e. The molecular formula is C33H40ClN3O5S. The number of nitrogens with zero attached hydrogens (tertiary/aromatic N) is 2. The Labute approximate surface area is 259 Å². The molecule has 8 nitrogen and oxygen atoms in total. The van der Waals surface area contributed by atoms with Crippen LogP contribution in [0.2, 0.25) is 5.02 Å². The predicted octanol–water partition coefficient (Wildman–Crippen LogP) is 5.78. The van der Waals surface area contributed by atoms with Crippen molar-refractivity contribution in [1.29, 1.82) is 5.26 Å². The Bertz CT molecular complexity index is 1540. The molecule has 5 atom stereocenters. The monoisotopic (exact) mass is 625 g/mol. The van der Waals surface area contributed by atoms with E-state index in [4.69, 9.17) is 16.3 Å². The molecule has 1 fully saturated rings. The lowest BCUT2D eigenvalue weighted by atomic mass is 9.63. The van der Waals surface area contributed by atoms with Gasteiger partial charge in [0.1, 0.15) is 12.4 Å². The normalized spacial score (nSPS) is 30.1. The smallest absolute Gasteiger partial charge is 0.264 e. The van der Waals surface area contributed by atoms with E-state index in [2.05, 4.69) is 15.7 Å². The maximum absolute atomic E-state index is 13.3. The molecule has 0 aromatic heterocycles. The lowest BCUT2D eigenvalue weighted by molar-refractivity contribution is -0.0415. The summed E-state index contributed by atoms with van der Waals surface area (Å²) < 4.78 is 35.1. The van der Waals surface area contributed by atoms with Crippen LogP contribution in [0.1, 0.15) is 73.9 Å². The van der Waals surface area contributed by atoms with Gasteiger partial charge in [-0.3, -0.25) is 4.79 Å². The number of carbonyl (C=O) groups is 1. The molecule has 2 aliphatic heterocycles. The van der Waals surface area contributed by atoms with E-state index in [9.17, 15) is 23.6 Å². The first-order chi connectivity index (χ1) is 20.5. The predicted molar refractivity (Wildman–Crippen MR) is 168 cm³/mol. The van der Waals surface area contributed by atoms with Crippen molar-refractivity contribution in [3.8, 4) is 11.8 Å². The summed E-state index contributed by atoms with van der Waals surface area (Å²) in [7, 11) is -3.99. The number of carbonyl (C=O) groups excluding carboxylic acids is 1. The first-order valence-corrected chi connectivity index (χ1v) is 17.1. The van der Waals surface area contributed by atoms with Crippen LogP contribution in [-0.2, 0) is 23.1 Å². The fourth-order valence-electron chi connectivity index (χ4n) is 6.51. The van der Waals surface area contributed by atoms with Gasteiger partial charge in [0.05, 0.1) is 29.0 Å². The first kappa shape index (κ1) is 31.4. The summed E-state index contributed by atoms with van der Waals surface area (Å²) in [6.45, 7) is 5.00. The third kappa shape index (κ3) is 6.87. The Balaban J connectivity index is 1.57. The van der Waals surface area contributed by atoms with E-state index in [1.807, 2.05) is 18.2 Å². The number of anilines is 1. The quantitative estimate of drug-likeness (QED) is 0.386. The number of halogens is 1. The van der Waals surface area contributed by atoms with Crippen LogP contribution in [0, 0.1) is 29.1 Å². The zero-order valence-corrected chi connectivity index (χ0v) is 26.3. The fourth-order valence-corrected chi connectivity index (χ4v) is 7.99. The highest BCUT2D eigenvalue weighted by Gasteiger charge is 2.46.